The summed E-state index contributed by atoms with van der Waals surface area (Å²) in [5.74, 6) is 1.49. The topological polar surface area (TPSA) is 48.9 Å². The van der Waals surface area contributed by atoms with E-state index in [0.717, 1.165) is 19.0 Å². The number of methoxy groups -OCH3 is 1. The predicted molar refractivity (Wildman–Crippen MR) is 105 cm³/mol. The van der Waals surface area contributed by atoms with Crippen LogP contribution in [0.15, 0.2) is 4.99 Å². The number of rotatable bonds is 7. The van der Waals surface area contributed by atoms with Gasteiger partial charge in [0.25, 0.3) is 0 Å². The fourth-order valence-corrected chi connectivity index (χ4v) is 2.65. The van der Waals surface area contributed by atoms with Gasteiger partial charge in [-0.25, -0.2) is 0 Å². The molecule has 1 rings (SSSR count). The molecule has 1 heterocycles. The number of ether oxygens (including phenoxy) is 1. The second kappa shape index (κ2) is 10.6. The summed E-state index contributed by atoms with van der Waals surface area (Å²) >= 11 is 0. The number of hydrogen-bond acceptors (Lipinski definition) is 3. The fraction of sp³-hybridized carbons (Fsp3) is 0.938. The van der Waals surface area contributed by atoms with E-state index in [9.17, 15) is 0 Å². The lowest BCUT2D eigenvalue weighted by molar-refractivity contribution is 0.0268. The Morgan fingerprint density at radius 1 is 1.23 bits per heavy atom. The summed E-state index contributed by atoms with van der Waals surface area (Å²) in [5.41, 5.74) is -0.190. The smallest absolute Gasteiger partial charge is 0.191 e. The molecule has 1 unspecified atom stereocenters. The normalized spacial score (nSPS) is 18.2. The van der Waals surface area contributed by atoms with Crippen LogP contribution >= 0.6 is 24.0 Å². The molecular formula is C16H35IN4O. The van der Waals surface area contributed by atoms with Crippen molar-refractivity contribution in [3.8, 4) is 0 Å². The molecule has 1 fully saturated rings. The van der Waals surface area contributed by atoms with Gasteiger partial charge in [-0.1, -0.05) is 13.8 Å². The van der Waals surface area contributed by atoms with Crippen LogP contribution in [-0.4, -0.2) is 62.8 Å². The molecule has 0 bridgehead atoms. The van der Waals surface area contributed by atoms with Gasteiger partial charge in [-0.15, -0.1) is 24.0 Å². The Labute approximate surface area is 153 Å². The minimum atomic E-state index is -0.190. The molecule has 0 aromatic carbocycles. The van der Waals surface area contributed by atoms with E-state index in [1.165, 1.54) is 25.9 Å². The number of guanidine groups is 1. The molecule has 0 aliphatic carbocycles. The zero-order chi connectivity index (χ0) is 15.9. The van der Waals surface area contributed by atoms with Gasteiger partial charge in [-0.05, 0) is 45.7 Å². The molecule has 6 heteroatoms. The van der Waals surface area contributed by atoms with Crippen molar-refractivity contribution in [1.82, 2.24) is 15.5 Å². The van der Waals surface area contributed by atoms with E-state index in [4.69, 9.17) is 4.74 Å². The molecule has 0 aromatic heterocycles. The molecule has 22 heavy (non-hydrogen) atoms. The van der Waals surface area contributed by atoms with Crippen LogP contribution in [0.3, 0.4) is 0 Å². The minimum Gasteiger partial charge on any atom is -0.377 e. The van der Waals surface area contributed by atoms with Gasteiger partial charge < -0.3 is 15.4 Å². The molecule has 0 radical (unpaired) electrons. The first-order valence-electron chi connectivity index (χ1n) is 8.13. The maximum Gasteiger partial charge on any atom is 0.191 e. The number of likely N-dealkylation sites (tertiary alicyclic amines) is 1. The second-order valence-electron chi connectivity index (χ2n) is 6.82. The van der Waals surface area contributed by atoms with Crippen molar-refractivity contribution in [2.75, 3.05) is 40.3 Å². The van der Waals surface area contributed by atoms with Crippen LogP contribution < -0.4 is 10.6 Å². The highest BCUT2D eigenvalue weighted by atomic mass is 127. The summed E-state index contributed by atoms with van der Waals surface area (Å²) in [7, 11) is 3.55. The van der Waals surface area contributed by atoms with Gasteiger partial charge in [0.1, 0.15) is 0 Å². The van der Waals surface area contributed by atoms with E-state index in [-0.39, 0.29) is 29.6 Å². The number of aliphatic imine (C=N–C) groups is 1. The number of nitrogens with one attached hydrogen (secondary N) is 2. The third kappa shape index (κ3) is 7.46. The van der Waals surface area contributed by atoms with Gasteiger partial charge in [0.05, 0.1) is 5.60 Å². The Morgan fingerprint density at radius 3 is 2.27 bits per heavy atom. The first-order valence-corrected chi connectivity index (χ1v) is 8.13. The molecule has 0 spiro atoms. The zero-order valence-corrected chi connectivity index (χ0v) is 17.4. The summed E-state index contributed by atoms with van der Waals surface area (Å²) in [6.45, 7) is 12.9. The highest BCUT2D eigenvalue weighted by Crippen LogP contribution is 2.17. The highest BCUT2D eigenvalue weighted by Gasteiger charge is 2.24. The molecule has 1 saturated heterocycles. The maximum atomic E-state index is 5.42. The first kappa shape index (κ1) is 21.9. The van der Waals surface area contributed by atoms with Crippen LogP contribution in [0.2, 0.25) is 0 Å². The van der Waals surface area contributed by atoms with E-state index < -0.39 is 0 Å². The molecule has 1 atom stereocenters. The van der Waals surface area contributed by atoms with Crippen molar-refractivity contribution in [3.63, 3.8) is 0 Å². The molecule has 1 aliphatic heterocycles. The van der Waals surface area contributed by atoms with Crippen molar-refractivity contribution < 1.29 is 4.74 Å². The molecule has 1 aliphatic rings. The minimum absolute atomic E-state index is 0. The number of halogens is 1. The Kier molecular flexibility index (Phi) is 10.6. The molecule has 0 amide bonds. The molecule has 2 N–H and O–H groups in total. The molecule has 0 aromatic rings. The molecule has 5 nitrogen and oxygen atoms in total. The largest absolute Gasteiger partial charge is 0.377 e. The highest BCUT2D eigenvalue weighted by molar-refractivity contribution is 14.0. The van der Waals surface area contributed by atoms with Crippen LogP contribution in [0.5, 0.6) is 0 Å². The van der Waals surface area contributed by atoms with E-state index in [2.05, 4.69) is 48.2 Å². The lowest BCUT2D eigenvalue weighted by Crippen LogP contribution is -2.50. The number of nitrogens with zero attached hydrogens (tertiary/aromatic N) is 2. The van der Waals surface area contributed by atoms with Gasteiger partial charge in [0.2, 0.25) is 0 Å². The van der Waals surface area contributed by atoms with E-state index >= 15 is 0 Å². The average Bonchev–Trinajstić information content (AvgIpc) is 2.96. The third-order valence-electron chi connectivity index (χ3n) is 4.32. The average molecular weight is 426 g/mol. The van der Waals surface area contributed by atoms with Crippen molar-refractivity contribution in [3.05, 3.63) is 0 Å². The monoisotopic (exact) mass is 426 g/mol. The van der Waals surface area contributed by atoms with E-state index in [0.29, 0.717) is 12.0 Å². The van der Waals surface area contributed by atoms with Gasteiger partial charge in [-0.2, -0.15) is 0 Å². The van der Waals surface area contributed by atoms with Gasteiger partial charge in [0.15, 0.2) is 5.96 Å². The van der Waals surface area contributed by atoms with E-state index in [1.54, 1.807) is 7.11 Å². The Morgan fingerprint density at radius 2 is 1.82 bits per heavy atom. The van der Waals surface area contributed by atoms with Gasteiger partial charge in [0, 0.05) is 33.3 Å². The summed E-state index contributed by atoms with van der Waals surface area (Å²) in [6, 6.07) is 0.571. The first-order chi connectivity index (χ1) is 9.89. The summed E-state index contributed by atoms with van der Waals surface area (Å²) in [6.07, 6.45) is 2.66. The molecule has 0 saturated carbocycles. The summed E-state index contributed by atoms with van der Waals surface area (Å²) in [5, 5.41) is 6.81. The quantitative estimate of drug-likeness (QED) is 0.373. The molecular weight excluding hydrogens is 391 g/mol. The van der Waals surface area contributed by atoms with E-state index in [1.807, 2.05) is 7.05 Å². The van der Waals surface area contributed by atoms with Crippen LogP contribution in [0.1, 0.15) is 40.5 Å². The standard InChI is InChI=1S/C16H34N4O.HI/c1-13(2)14(20-9-7-8-10-20)11-18-15(17-5)19-12-16(3,4)21-6;/h13-14H,7-12H2,1-6H3,(H2,17,18,19);1H. The predicted octanol–water partition coefficient (Wildman–Crippen LogP) is 2.31. The van der Waals surface area contributed by atoms with Crippen LogP contribution in [0.4, 0.5) is 0 Å². The fourth-order valence-electron chi connectivity index (χ4n) is 2.65. The molecule has 132 valence electrons. The van der Waals surface area contributed by atoms with Crippen molar-refractivity contribution >= 4 is 29.9 Å². The second-order valence-corrected chi connectivity index (χ2v) is 6.82. The Balaban J connectivity index is 0.00000441. The maximum absolute atomic E-state index is 5.42. The van der Waals surface area contributed by atoms with Crippen LogP contribution in [-0.2, 0) is 4.74 Å². The van der Waals surface area contributed by atoms with Crippen LogP contribution in [0.25, 0.3) is 0 Å². The third-order valence-corrected chi connectivity index (χ3v) is 4.32. The van der Waals surface area contributed by atoms with Crippen molar-refractivity contribution in [2.24, 2.45) is 10.9 Å². The summed E-state index contributed by atoms with van der Waals surface area (Å²) < 4.78 is 5.42. The Bertz CT molecular complexity index is 328. The summed E-state index contributed by atoms with van der Waals surface area (Å²) in [4.78, 5) is 6.90. The lowest BCUT2D eigenvalue weighted by Gasteiger charge is -2.32. The number of hydrogen-bond donors (Lipinski definition) is 2. The van der Waals surface area contributed by atoms with Crippen LogP contribution in [0, 0.1) is 5.92 Å². The van der Waals surface area contributed by atoms with Crippen molar-refractivity contribution in [1.29, 1.82) is 0 Å². The lowest BCUT2D eigenvalue weighted by atomic mass is 10.0. The van der Waals surface area contributed by atoms with Crippen molar-refractivity contribution in [2.45, 2.75) is 52.2 Å². The SMILES string of the molecule is CN=C(NCC(C(C)C)N1CCCC1)NCC(C)(C)OC.I. The Hall–Kier alpha value is -0.0800. The van der Waals surface area contributed by atoms with Gasteiger partial charge in [-0.3, -0.25) is 9.89 Å². The zero-order valence-electron chi connectivity index (χ0n) is 15.1. The van der Waals surface area contributed by atoms with Gasteiger partial charge >= 0.3 is 0 Å².